The number of hydrogen-bond donors (Lipinski definition) is 2. The number of anilines is 1. The number of carbonyl (C=O) groups excluding carboxylic acids is 1. The number of nitrogens with zero attached hydrogens (tertiary/aromatic N) is 2. The second kappa shape index (κ2) is 10.3. The lowest BCUT2D eigenvalue weighted by Gasteiger charge is -2.10. The zero-order valence-corrected chi connectivity index (χ0v) is 19.0. The van der Waals surface area contributed by atoms with Crippen molar-refractivity contribution in [1.29, 1.82) is 0 Å². The first-order chi connectivity index (χ1) is 16.4. The van der Waals surface area contributed by atoms with Crippen LogP contribution in [0, 0.1) is 5.82 Å². The summed E-state index contributed by atoms with van der Waals surface area (Å²) in [5.41, 5.74) is 1.86. The number of hydrogen-bond acceptors (Lipinski definition) is 4. The van der Waals surface area contributed by atoms with Gasteiger partial charge in [-0.1, -0.05) is 30.3 Å². The van der Waals surface area contributed by atoms with Crippen LogP contribution in [-0.2, 0) is 23.0 Å². The predicted octanol–water partition coefficient (Wildman–Crippen LogP) is 3.84. The molecule has 0 aliphatic heterocycles. The van der Waals surface area contributed by atoms with Gasteiger partial charge in [0, 0.05) is 43.2 Å². The van der Waals surface area contributed by atoms with Crippen molar-refractivity contribution in [2.75, 3.05) is 11.3 Å². The van der Waals surface area contributed by atoms with Gasteiger partial charge in [-0.15, -0.1) is 0 Å². The molecule has 0 aliphatic rings. The highest BCUT2D eigenvalue weighted by Gasteiger charge is 2.15. The summed E-state index contributed by atoms with van der Waals surface area (Å²) < 4.78 is 42.3. The molecule has 1 heterocycles. The van der Waals surface area contributed by atoms with Crippen molar-refractivity contribution in [1.82, 2.24) is 14.9 Å². The summed E-state index contributed by atoms with van der Waals surface area (Å²) >= 11 is 0. The summed E-state index contributed by atoms with van der Waals surface area (Å²) in [4.78, 5) is 16.8. The van der Waals surface area contributed by atoms with Crippen molar-refractivity contribution in [2.24, 2.45) is 0 Å². The topological polar surface area (TPSA) is 93.1 Å². The molecule has 0 saturated heterocycles. The summed E-state index contributed by atoms with van der Waals surface area (Å²) in [7, 11) is -3.86. The minimum atomic E-state index is -3.86. The molecule has 9 heteroatoms. The van der Waals surface area contributed by atoms with Gasteiger partial charge >= 0.3 is 0 Å². The molecule has 0 unspecified atom stereocenters. The molecule has 0 atom stereocenters. The smallest absolute Gasteiger partial charge is 0.261 e. The van der Waals surface area contributed by atoms with Crippen LogP contribution in [0.1, 0.15) is 21.7 Å². The van der Waals surface area contributed by atoms with E-state index in [1.54, 1.807) is 6.20 Å². The van der Waals surface area contributed by atoms with Crippen LogP contribution < -0.4 is 10.0 Å². The Bertz CT molecular complexity index is 1350. The van der Waals surface area contributed by atoms with E-state index in [4.69, 9.17) is 0 Å². The van der Waals surface area contributed by atoms with Crippen molar-refractivity contribution < 1.29 is 17.6 Å². The van der Waals surface area contributed by atoms with Crippen LogP contribution >= 0.6 is 0 Å². The van der Waals surface area contributed by atoms with E-state index in [1.165, 1.54) is 42.0 Å². The SMILES string of the molecule is O=C(NCCc1nccn1Cc1ccccc1)c1ccc(NS(=O)(=O)c2ccc(F)cc2)cc1. The van der Waals surface area contributed by atoms with E-state index in [9.17, 15) is 17.6 Å². The van der Waals surface area contributed by atoms with E-state index in [0.29, 0.717) is 30.8 Å². The largest absolute Gasteiger partial charge is 0.352 e. The van der Waals surface area contributed by atoms with E-state index < -0.39 is 15.8 Å². The van der Waals surface area contributed by atoms with Gasteiger partial charge in [0.1, 0.15) is 11.6 Å². The molecule has 1 amide bonds. The van der Waals surface area contributed by atoms with Crippen LogP contribution in [0.5, 0.6) is 0 Å². The lowest BCUT2D eigenvalue weighted by Crippen LogP contribution is -2.26. The van der Waals surface area contributed by atoms with Crippen molar-refractivity contribution in [3.8, 4) is 0 Å². The van der Waals surface area contributed by atoms with Crippen LogP contribution in [0.15, 0.2) is 96.2 Å². The molecule has 0 bridgehead atoms. The zero-order valence-electron chi connectivity index (χ0n) is 18.2. The predicted molar refractivity (Wildman–Crippen MR) is 127 cm³/mol. The number of nitrogens with one attached hydrogen (secondary N) is 2. The fourth-order valence-corrected chi connectivity index (χ4v) is 4.46. The third kappa shape index (κ3) is 5.87. The summed E-state index contributed by atoms with van der Waals surface area (Å²) in [5.74, 6) is 0.0818. The van der Waals surface area contributed by atoms with E-state index >= 15 is 0 Å². The van der Waals surface area contributed by atoms with Crippen LogP contribution in [0.3, 0.4) is 0 Å². The molecule has 174 valence electrons. The molecule has 0 spiro atoms. The Hall–Kier alpha value is -3.98. The summed E-state index contributed by atoms with van der Waals surface area (Å²) in [5, 5.41) is 2.86. The van der Waals surface area contributed by atoms with Gasteiger partial charge in [-0.3, -0.25) is 9.52 Å². The van der Waals surface area contributed by atoms with Crippen LogP contribution in [-0.4, -0.2) is 30.4 Å². The van der Waals surface area contributed by atoms with E-state index in [0.717, 1.165) is 18.0 Å². The maximum Gasteiger partial charge on any atom is 0.261 e. The number of carbonyl (C=O) groups is 1. The average Bonchev–Trinajstić information content (AvgIpc) is 3.27. The Labute approximate surface area is 197 Å². The second-order valence-electron chi connectivity index (χ2n) is 7.60. The number of benzene rings is 3. The molecule has 4 rings (SSSR count). The number of halogens is 1. The number of sulfonamides is 1. The quantitative estimate of drug-likeness (QED) is 0.382. The van der Waals surface area contributed by atoms with Gasteiger partial charge in [-0.25, -0.2) is 17.8 Å². The van der Waals surface area contributed by atoms with Gasteiger partial charge in [0.25, 0.3) is 15.9 Å². The van der Waals surface area contributed by atoms with Gasteiger partial charge in [-0.2, -0.15) is 0 Å². The molecular formula is C25H23FN4O3S. The first-order valence-corrected chi connectivity index (χ1v) is 12.1. The Kier molecular flexibility index (Phi) is 7.03. The maximum atomic E-state index is 13.0. The summed E-state index contributed by atoms with van der Waals surface area (Å²) in [6.07, 6.45) is 4.23. The minimum Gasteiger partial charge on any atom is -0.352 e. The molecule has 0 aliphatic carbocycles. The Balaban J connectivity index is 1.31. The Morgan fingerprint density at radius 3 is 2.35 bits per heavy atom. The Morgan fingerprint density at radius 2 is 1.65 bits per heavy atom. The maximum absolute atomic E-state index is 13.0. The highest BCUT2D eigenvalue weighted by molar-refractivity contribution is 7.92. The van der Waals surface area contributed by atoms with Gasteiger partial charge in [0.05, 0.1) is 4.90 Å². The number of rotatable bonds is 9. The van der Waals surface area contributed by atoms with Gasteiger partial charge in [-0.05, 0) is 54.1 Å². The molecular weight excluding hydrogens is 455 g/mol. The van der Waals surface area contributed by atoms with Gasteiger partial charge < -0.3 is 9.88 Å². The third-order valence-corrected chi connectivity index (χ3v) is 6.55. The minimum absolute atomic E-state index is 0.0543. The zero-order chi connectivity index (χ0) is 24.0. The Morgan fingerprint density at radius 1 is 0.941 bits per heavy atom. The molecule has 4 aromatic rings. The summed E-state index contributed by atoms with van der Waals surface area (Å²) in [6, 6.07) is 20.7. The van der Waals surface area contributed by atoms with Crippen LogP contribution in [0.2, 0.25) is 0 Å². The monoisotopic (exact) mass is 478 g/mol. The second-order valence-corrected chi connectivity index (χ2v) is 9.28. The first kappa shape index (κ1) is 23.2. The van der Waals surface area contributed by atoms with Gasteiger partial charge in [0.15, 0.2) is 0 Å². The fraction of sp³-hybridized carbons (Fsp3) is 0.120. The standard InChI is InChI=1S/C25H23FN4O3S/c26-21-8-12-23(13-9-21)34(32,33)29-22-10-6-20(7-11-22)25(31)28-15-14-24-27-16-17-30(24)18-19-4-2-1-3-5-19/h1-13,16-17,29H,14-15,18H2,(H,28,31). The molecule has 3 aromatic carbocycles. The van der Waals surface area contributed by atoms with E-state index in [1.807, 2.05) is 29.0 Å². The van der Waals surface area contributed by atoms with Crippen molar-refractivity contribution >= 4 is 21.6 Å². The molecule has 0 radical (unpaired) electrons. The van der Waals surface area contributed by atoms with Gasteiger partial charge in [0.2, 0.25) is 0 Å². The lowest BCUT2D eigenvalue weighted by molar-refractivity contribution is 0.0954. The van der Waals surface area contributed by atoms with Crippen molar-refractivity contribution in [2.45, 2.75) is 17.9 Å². The summed E-state index contributed by atoms with van der Waals surface area (Å²) in [6.45, 7) is 1.11. The molecule has 0 fully saturated rings. The van der Waals surface area contributed by atoms with Crippen LogP contribution in [0.4, 0.5) is 10.1 Å². The van der Waals surface area contributed by atoms with Crippen LogP contribution in [0.25, 0.3) is 0 Å². The van der Waals surface area contributed by atoms with E-state index in [-0.39, 0.29) is 10.8 Å². The number of amides is 1. The normalized spacial score (nSPS) is 11.2. The number of imidazole rings is 1. The molecule has 0 saturated carbocycles. The number of aromatic nitrogens is 2. The van der Waals surface area contributed by atoms with E-state index in [2.05, 4.69) is 27.2 Å². The lowest BCUT2D eigenvalue weighted by atomic mass is 10.2. The van der Waals surface area contributed by atoms with Crippen molar-refractivity contribution in [3.63, 3.8) is 0 Å². The average molecular weight is 479 g/mol. The highest BCUT2D eigenvalue weighted by Crippen LogP contribution is 2.17. The molecule has 1 aromatic heterocycles. The molecule has 34 heavy (non-hydrogen) atoms. The van der Waals surface area contributed by atoms with Crippen molar-refractivity contribution in [3.05, 3.63) is 114 Å². The highest BCUT2D eigenvalue weighted by atomic mass is 32.2. The third-order valence-electron chi connectivity index (χ3n) is 5.15. The first-order valence-electron chi connectivity index (χ1n) is 10.6. The molecule has 7 nitrogen and oxygen atoms in total. The fourth-order valence-electron chi connectivity index (χ4n) is 3.40. The molecule has 2 N–H and O–H groups in total.